The van der Waals surface area contributed by atoms with Gasteiger partial charge in [-0.2, -0.15) is 0 Å². The van der Waals surface area contributed by atoms with Crippen LogP contribution in [-0.4, -0.2) is 5.78 Å². The number of carbonyl (C=O) groups excluding carboxylic acids is 1. The van der Waals surface area contributed by atoms with Gasteiger partial charge >= 0.3 is 0 Å². The Balaban J connectivity index is 3.03. The third-order valence-electron chi connectivity index (χ3n) is 1.88. The Labute approximate surface area is 76.9 Å². The molecule has 1 nitrogen and oxygen atoms in total. The van der Waals surface area contributed by atoms with Crippen LogP contribution in [0.5, 0.6) is 0 Å². The van der Waals surface area contributed by atoms with Crippen LogP contribution in [0.15, 0.2) is 35.9 Å². The van der Waals surface area contributed by atoms with Crippen molar-refractivity contribution in [3.8, 4) is 0 Å². The maximum Gasteiger partial charge on any atom is 0.188 e. The summed E-state index contributed by atoms with van der Waals surface area (Å²) in [6.45, 7) is 3.50. The first-order chi connectivity index (χ1) is 6.15. The SMILES string of the molecule is C/C=C(\C)C(=O)c1cccc(F)c1. The molecule has 0 saturated carbocycles. The normalized spacial score (nSPS) is 11.5. The van der Waals surface area contributed by atoms with Crippen LogP contribution in [0.2, 0.25) is 0 Å². The minimum absolute atomic E-state index is 0.123. The van der Waals surface area contributed by atoms with Crippen molar-refractivity contribution in [2.24, 2.45) is 0 Å². The number of ketones is 1. The van der Waals surface area contributed by atoms with Crippen molar-refractivity contribution in [3.63, 3.8) is 0 Å². The third kappa shape index (κ3) is 2.25. The highest BCUT2D eigenvalue weighted by Crippen LogP contribution is 2.09. The fourth-order valence-corrected chi connectivity index (χ4v) is 0.988. The standard InChI is InChI=1S/C11H11FO/c1-3-8(2)11(13)9-5-4-6-10(12)7-9/h3-7H,1-2H3/b8-3+. The van der Waals surface area contributed by atoms with E-state index in [1.54, 1.807) is 26.0 Å². The van der Waals surface area contributed by atoms with Gasteiger partial charge in [-0.3, -0.25) is 4.79 Å². The van der Waals surface area contributed by atoms with Crippen LogP contribution in [-0.2, 0) is 0 Å². The minimum Gasteiger partial charge on any atom is -0.289 e. The molecule has 1 aromatic rings. The van der Waals surface area contributed by atoms with E-state index in [1.807, 2.05) is 0 Å². The molecule has 2 heteroatoms. The summed E-state index contributed by atoms with van der Waals surface area (Å²) >= 11 is 0. The Bertz CT molecular complexity index is 353. The lowest BCUT2D eigenvalue weighted by molar-refractivity contribution is 0.103. The number of hydrogen-bond acceptors (Lipinski definition) is 1. The summed E-state index contributed by atoms with van der Waals surface area (Å²) < 4.78 is 12.7. The lowest BCUT2D eigenvalue weighted by Crippen LogP contribution is -2.00. The van der Waals surface area contributed by atoms with Crippen molar-refractivity contribution in [1.82, 2.24) is 0 Å². The Hall–Kier alpha value is -1.44. The molecule has 1 aromatic carbocycles. The molecule has 0 amide bonds. The average molecular weight is 178 g/mol. The lowest BCUT2D eigenvalue weighted by Gasteiger charge is -1.99. The Kier molecular flexibility index (Phi) is 2.96. The summed E-state index contributed by atoms with van der Waals surface area (Å²) in [4.78, 5) is 11.5. The molecule has 0 radical (unpaired) electrons. The molecule has 0 aromatic heterocycles. The van der Waals surface area contributed by atoms with Gasteiger partial charge in [-0.05, 0) is 31.6 Å². The summed E-state index contributed by atoms with van der Waals surface area (Å²) in [6.07, 6.45) is 1.72. The molecule has 0 bridgehead atoms. The number of hydrogen-bond donors (Lipinski definition) is 0. The van der Waals surface area contributed by atoms with Gasteiger partial charge in [-0.25, -0.2) is 4.39 Å². The molecule has 0 aliphatic carbocycles. The second-order valence-electron chi connectivity index (χ2n) is 2.81. The van der Waals surface area contributed by atoms with Gasteiger partial charge < -0.3 is 0 Å². The summed E-state index contributed by atoms with van der Waals surface area (Å²) in [5.74, 6) is -0.503. The molecule has 0 atom stereocenters. The van der Waals surface area contributed by atoms with Gasteiger partial charge in [0.15, 0.2) is 5.78 Å². The van der Waals surface area contributed by atoms with Crippen molar-refractivity contribution in [3.05, 3.63) is 47.3 Å². The second-order valence-corrected chi connectivity index (χ2v) is 2.81. The van der Waals surface area contributed by atoms with Crippen LogP contribution in [0.1, 0.15) is 24.2 Å². The van der Waals surface area contributed by atoms with E-state index in [4.69, 9.17) is 0 Å². The summed E-state index contributed by atoms with van der Waals surface area (Å²) in [6, 6.07) is 5.71. The lowest BCUT2D eigenvalue weighted by atomic mass is 10.0. The van der Waals surface area contributed by atoms with Crippen LogP contribution in [0.3, 0.4) is 0 Å². The molecule has 0 heterocycles. The molecule has 68 valence electrons. The number of allylic oxidation sites excluding steroid dienone is 2. The minimum atomic E-state index is -0.380. The molecule has 0 fully saturated rings. The van der Waals surface area contributed by atoms with Crippen molar-refractivity contribution in [1.29, 1.82) is 0 Å². The van der Waals surface area contributed by atoms with E-state index in [-0.39, 0.29) is 11.6 Å². The molecular formula is C11H11FO. The topological polar surface area (TPSA) is 17.1 Å². The molecule has 0 saturated heterocycles. The van der Waals surface area contributed by atoms with E-state index >= 15 is 0 Å². The van der Waals surface area contributed by atoms with Gasteiger partial charge in [0.2, 0.25) is 0 Å². The Morgan fingerprint density at radius 2 is 2.15 bits per heavy atom. The highest BCUT2D eigenvalue weighted by Gasteiger charge is 2.07. The first-order valence-electron chi connectivity index (χ1n) is 4.08. The summed E-state index contributed by atoms with van der Waals surface area (Å²) in [7, 11) is 0. The molecule has 0 unspecified atom stereocenters. The molecule has 13 heavy (non-hydrogen) atoms. The van der Waals surface area contributed by atoms with Gasteiger partial charge in [0.1, 0.15) is 5.82 Å². The summed E-state index contributed by atoms with van der Waals surface area (Å²) in [5, 5.41) is 0. The van der Waals surface area contributed by atoms with Gasteiger partial charge in [0.05, 0.1) is 0 Å². The Morgan fingerprint density at radius 1 is 1.46 bits per heavy atom. The zero-order valence-corrected chi connectivity index (χ0v) is 7.67. The number of benzene rings is 1. The second kappa shape index (κ2) is 3.99. The van der Waals surface area contributed by atoms with Crippen molar-refractivity contribution < 1.29 is 9.18 Å². The fourth-order valence-electron chi connectivity index (χ4n) is 0.988. The first-order valence-corrected chi connectivity index (χ1v) is 4.08. The van der Waals surface area contributed by atoms with E-state index in [2.05, 4.69) is 0 Å². The van der Waals surface area contributed by atoms with Crippen LogP contribution in [0.25, 0.3) is 0 Å². The fraction of sp³-hybridized carbons (Fsp3) is 0.182. The highest BCUT2D eigenvalue weighted by molar-refractivity contribution is 6.08. The maximum atomic E-state index is 12.7. The average Bonchev–Trinajstić information content (AvgIpc) is 2.15. The van der Waals surface area contributed by atoms with Crippen LogP contribution < -0.4 is 0 Å². The molecule has 0 aliphatic rings. The van der Waals surface area contributed by atoms with Gasteiger partial charge in [-0.15, -0.1) is 0 Å². The molecule has 1 rings (SSSR count). The maximum absolute atomic E-state index is 12.7. The van der Waals surface area contributed by atoms with Gasteiger partial charge in [0, 0.05) is 5.56 Å². The number of rotatable bonds is 2. The van der Waals surface area contributed by atoms with Crippen LogP contribution in [0, 0.1) is 5.82 Å². The smallest absolute Gasteiger partial charge is 0.188 e. The number of carbonyl (C=O) groups is 1. The Morgan fingerprint density at radius 3 is 2.69 bits per heavy atom. The molecule has 0 N–H and O–H groups in total. The van der Waals surface area contributed by atoms with E-state index in [9.17, 15) is 9.18 Å². The van der Waals surface area contributed by atoms with Gasteiger partial charge in [-0.1, -0.05) is 18.2 Å². The monoisotopic (exact) mass is 178 g/mol. The van der Waals surface area contributed by atoms with Crippen LogP contribution >= 0.6 is 0 Å². The molecule has 0 aliphatic heterocycles. The van der Waals surface area contributed by atoms with Crippen molar-refractivity contribution in [2.75, 3.05) is 0 Å². The van der Waals surface area contributed by atoms with E-state index < -0.39 is 0 Å². The van der Waals surface area contributed by atoms with E-state index in [0.717, 1.165) is 0 Å². The largest absolute Gasteiger partial charge is 0.289 e. The zero-order valence-electron chi connectivity index (χ0n) is 7.67. The van der Waals surface area contributed by atoms with Crippen molar-refractivity contribution >= 4 is 5.78 Å². The van der Waals surface area contributed by atoms with Crippen molar-refractivity contribution in [2.45, 2.75) is 13.8 Å². The quantitative estimate of drug-likeness (QED) is 0.502. The summed E-state index contributed by atoms with van der Waals surface area (Å²) in [5.41, 5.74) is 1.03. The van der Waals surface area contributed by atoms with Crippen LogP contribution in [0.4, 0.5) is 4.39 Å². The zero-order chi connectivity index (χ0) is 9.84. The van der Waals surface area contributed by atoms with E-state index in [0.29, 0.717) is 11.1 Å². The highest BCUT2D eigenvalue weighted by atomic mass is 19.1. The third-order valence-corrected chi connectivity index (χ3v) is 1.88. The molecular weight excluding hydrogens is 167 g/mol. The molecule has 0 spiro atoms. The number of Topliss-reactive ketones (excluding diaryl/α,β-unsaturated/α-hetero) is 1. The first kappa shape index (κ1) is 9.65. The van der Waals surface area contributed by atoms with E-state index in [1.165, 1.54) is 18.2 Å². The van der Waals surface area contributed by atoms with Gasteiger partial charge in [0.25, 0.3) is 0 Å². The predicted octanol–water partition coefficient (Wildman–Crippen LogP) is 2.97. The number of halogens is 1. The predicted molar refractivity (Wildman–Crippen MR) is 50.2 cm³/mol.